The molecule has 5 rings (SSSR count). The number of hydrogen-bond acceptors (Lipinski definition) is 8. The molecule has 0 N–H and O–H groups in total. The SMILES string of the molecule is CN1CCCN(CCCOc2ccc(-c3nc4ccc(OCCCN5CCCN(C)CC5)cc4o3)cc2)CC1. The van der Waals surface area contributed by atoms with Gasteiger partial charge in [0.25, 0.3) is 0 Å². The van der Waals surface area contributed by atoms with Crippen molar-refractivity contribution in [2.45, 2.75) is 25.7 Å². The Bertz CT molecular complexity index is 1150. The molecule has 0 saturated carbocycles. The maximum absolute atomic E-state index is 6.09. The topological polar surface area (TPSA) is 57.5 Å². The Morgan fingerprint density at radius 2 is 1.28 bits per heavy atom. The smallest absolute Gasteiger partial charge is 0.227 e. The molecule has 8 nitrogen and oxygen atoms in total. The molecule has 0 aliphatic carbocycles. The van der Waals surface area contributed by atoms with Gasteiger partial charge in [-0.25, -0.2) is 4.98 Å². The van der Waals surface area contributed by atoms with E-state index in [9.17, 15) is 0 Å². The minimum atomic E-state index is 0.617. The Morgan fingerprint density at radius 1 is 0.692 bits per heavy atom. The van der Waals surface area contributed by atoms with Crippen LogP contribution in [0.2, 0.25) is 0 Å². The Labute approximate surface area is 233 Å². The predicted octanol–water partition coefficient (Wildman–Crippen LogP) is 4.31. The summed E-state index contributed by atoms with van der Waals surface area (Å²) in [6.45, 7) is 13.0. The largest absolute Gasteiger partial charge is 0.494 e. The molecule has 2 aliphatic rings. The standard InChI is InChI=1S/C31H45N5O3/c1-33-13-3-15-35(21-19-33)17-5-23-37-27-9-7-26(8-10-27)31-32-29-12-11-28(25-30(29)39-31)38-24-6-18-36-16-4-14-34(2)20-22-36/h7-12,25H,3-6,13-24H2,1-2H3. The van der Waals surface area contributed by atoms with Crippen LogP contribution in [0.4, 0.5) is 0 Å². The van der Waals surface area contributed by atoms with Gasteiger partial charge in [0.1, 0.15) is 17.0 Å². The van der Waals surface area contributed by atoms with Crippen molar-refractivity contribution < 1.29 is 13.9 Å². The van der Waals surface area contributed by atoms with Crippen LogP contribution in [0.3, 0.4) is 0 Å². The summed E-state index contributed by atoms with van der Waals surface area (Å²) in [5.74, 6) is 2.33. The summed E-state index contributed by atoms with van der Waals surface area (Å²) in [6.07, 6.45) is 4.56. The van der Waals surface area contributed by atoms with Crippen molar-refractivity contribution in [3.8, 4) is 23.0 Å². The average Bonchev–Trinajstić information content (AvgIpc) is 3.11. The lowest BCUT2D eigenvalue weighted by atomic mass is 10.2. The van der Waals surface area contributed by atoms with Gasteiger partial charge in [0.05, 0.1) is 13.2 Å². The molecule has 2 fully saturated rings. The second-order valence-electron chi connectivity index (χ2n) is 11.1. The van der Waals surface area contributed by atoms with Crippen molar-refractivity contribution in [2.24, 2.45) is 0 Å². The van der Waals surface area contributed by atoms with Crippen LogP contribution in [0.15, 0.2) is 46.9 Å². The fraction of sp³-hybridized carbons (Fsp3) is 0.581. The van der Waals surface area contributed by atoms with Crippen LogP contribution in [-0.4, -0.2) is 117 Å². The molecular weight excluding hydrogens is 490 g/mol. The van der Waals surface area contributed by atoms with Crippen LogP contribution < -0.4 is 9.47 Å². The fourth-order valence-electron chi connectivity index (χ4n) is 5.42. The number of nitrogens with zero attached hydrogens (tertiary/aromatic N) is 5. The summed E-state index contributed by atoms with van der Waals surface area (Å²) >= 11 is 0. The Kier molecular flexibility index (Phi) is 10.1. The number of fused-ring (bicyclic) bond motifs is 1. The Hall–Kier alpha value is -2.65. The van der Waals surface area contributed by atoms with Gasteiger partial charge < -0.3 is 33.5 Å². The number of benzene rings is 2. The molecule has 0 unspecified atom stereocenters. The highest BCUT2D eigenvalue weighted by molar-refractivity contribution is 5.77. The number of oxazole rings is 1. The molecular formula is C31H45N5O3. The summed E-state index contributed by atoms with van der Waals surface area (Å²) in [4.78, 5) is 14.6. The van der Waals surface area contributed by atoms with Crippen molar-refractivity contribution in [3.05, 3.63) is 42.5 Å². The zero-order valence-electron chi connectivity index (χ0n) is 23.8. The van der Waals surface area contributed by atoms with Crippen molar-refractivity contribution in [2.75, 3.05) is 92.8 Å². The van der Waals surface area contributed by atoms with Crippen molar-refractivity contribution in [1.82, 2.24) is 24.6 Å². The first-order chi connectivity index (χ1) is 19.1. The van der Waals surface area contributed by atoms with E-state index < -0.39 is 0 Å². The molecule has 2 aromatic carbocycles. The maximum Gasteiger partial charge on any atom is 0.227 e. The molecule has 1 aromatic heterocycles. The van der Waals surface area contributed by atoms with E-state index in [0.29, 0.717) is 12.5 Å². The molecule has 0 radical (unpaired) electrons. The van der Waals surface area contributed by atoms with Crippen molar-refractivity contribution in [1.29, 1.82) is 0 Å². The minimum absolute atomic E-state index is 0.617. The number of hydrogen-bond donors (Lipinski definition) is 0. The first kappa shape index (κ1) is 27.9. The van der Waals surface area contributed by atoms with E-state index in [1.807, 2.05) is 42.5 Å². The van der Waals surface area contributed by atoms with Gasteiger partial charge in [-0.2, -0.15) is 0 Å². The average molecular weight is 536 g/mol. The van der Waals surface area contributed by atoms with Crippen LogP contribution in [0, 0.1) is 0 Å². The fourth-order valence-corrected chi connectivity index (χ4v) is 5.42. The van der Waals surface area contributed by atoms with E-state index in [1.54, 1.807) is 0 Å². The summed E-state index contributed by atoms with van der Waals surface area (Å²) in [7, 11) is 4.42. The monoisotopic (exact) mass is 535 g/mol. The van der Waals surface area contributed by atoms with Gasteiger partial charge >= 0.3 is 0 Å². The first-order valence-corrected chi connectivity index (χ1v) is 14.7. The molecule has 0 bridgehead atoms. The minimum Gasteiger partial charge on any atom is -0.494 e. The molecule has 0 spiro atoms. The Balaban J connectivity index is 1.06. The van der Waals surface area contributed by atoms with E-state index in [-0.39, 0.29) is 0 Å². The Morgan fingerprint density at radius 3 is 1.92 bits per heavy atom. The lowest BCUT2D eigenvalue weighted by Gasteiger charge is -2.19. The van der Waals surface area contributed by atoms with E-state index in [0.717, 1.165) is 86.9 Å². The molecule has 2 saturated heterocycles. The van der Waals surface area contributed by atoms with Gasteiger partial charge in [0.15, 0.2) is 5.58 Å². The number of rotatable bonds is 11. The van der Waals surface area contributed by atoms with Crippen LogP contribution in [-0.2, 0) is 0 Å². The van der Waals surface area contributed by atoms with Gasteiger partial charge in [-0.3, -0.25) is 0 Å². The molecule has 8 heteroatoms. The molecule has 0 amide bonds. The molecule has 3 heterocycles. The summed E-state index contributed by atoms with van der Waals surface area (Å²) in [6, 6.07) is 13.9. The summed E-state index contributed by atoms with van der Waals surface area (Å²) in [5, 5.41) is 0. The lowest BCUT2D eigenvalue weighted by molar-refractivity contribution is 0.237. The normalized spacial score (nSPS) is 18.7. The van der Waals surface area contributed by atoms with Gasteiger partial charge in [0.2, 0.25) is 5.89 Å². The van der Waals surface area contributed by atoms with Gasteiger partial charge in [0, 0.05) is 50.9 Å². The van der Waals surface area contributed by atoms with Crippen LogP contribution >= 0.6 is 0 Å². The van der Waals surface area contributed by atoms with Gasteiger partial charge in [-0.15, -0.1) is 0 Å². The highest BCUT2D eigenvalue weighted by Gasteiger charge is 2.13. The highest BCUT2D eigenvalue weighted by atomic mass is 16.5. The molecule has 212 valence electrons. The zero-order chi connectivity index (χ0) is 26.9. The number of likely N-dealkylation sites (N-methyl/N-ethyl adjacent to an activating group) is 2. The lowest BCUT2D eigenvalue weighted by Crippen LogP contribution is -2.30. The quantitative estimate of drug-likeness (QED) is 0.337. The summed E-state index contributed by atoms with van der Waals surface area (Å²) < 4.78 is 18.1. The predicted molar refractivity (Wildman–Crippen MR) is 157 cm³/mol. The van der Waals surface area contributed by atoms with Gasteiger partial charge in [-0.1, -0.05) is 0 Å². The van der Waals surface area contributed by atoms with Crippen LogP contribution in [0.1, 0.15) is 25.7 Å². The number of ether oxygens (including phenoxy) is 2. The van der Waals surface area contributed by atoms with Crippen molar-refractivity contribution >= 4 is 11.1 Å². The highest BCUT2D eigenvalue weighted by Crippen LogP contribution is 2.28. The molecule has 3 aromatic rings. The van der Waals surface area contributed by atoms with Crippen LogP contribution in [0.25, 0.3) is 22.6 Å². The third kappa shape index (κ3) is 8.42. The maximum atomic E-state index is 6.09. The van der Waals surface area contributed by atoms with Gasteiger partial charge in [-0.05, 0) is 102 Å². The van der Waals surface area contributed by atoms with E-state index in [2.05, 4.69) is 38.7 Å². The van der Waals surface area contributed by atoms with E-state index in [4.69, 9.17) is 13.9 Å². The summed E-state index contributed by atoms with van der Waals surface area (Å²) in [5.41, 5.74) is 2.53. The molecule has 2 aliphatic heterocycles. The van der Waals surface area contributed by atoms with E-state index >= 15 is 0 Å². The van der Waals surface area contributed by atoms with E-state index in [1.165, 1.54) is 39.0 Å². The second kappa shape index (κ2) is 14.1. The number of aromatic nitrogens is 1. The molecule has 39 heavy (non-hydrogen) atoms. The zero-order valence-corrected chi connectivity index (χ0v) is 23.8. The third-order valence-corrected chi connectivity index (χ3v) is 7.86. The van der Waals surface area contributed by atoms with Crippen molar-refractivity contribution in [3.63, 3.8) is 0 Å². The van der Waals surface area contributed by atoms with Crippen LogP contribution in [0.5, 0.6) is 11.5 Å². The first-order valence-electron chi connectivity index (χ1n) is 14.7. The molecule has 0 atom stereocenters. The second-order valence-corrected chi connectivity index (χ2v) is 11.1. The third-order valence-electron chi connectivity index (χ3n) is 7.86.